The second-order valence-electron chi connectivity index (χ2n) is 5.86. The van der Waals surface area contributed by atoms with Crippen LogP contribution in [0, 0.1) is 0 Å². The van der Waals surface area contributed by atoms with Gasteiger partial charge >= 0.3 is 5.97 Å². The Hall–Kier alpha value is -2.57. The van der Waals surface area contributed by atoms with Crippen LogP contribution >= 0.6 is 0 Å². The lowest BCUT2D eigenvalue weighted by Crippen LogP contribution is -2.33. The number of aliphatic hydroxyl groups excluding tert-OH is 1. The van der Waals surface area contributed by atoms with E-state index in [1.54, 1.807) is 36.4 Å². The Bertz CT molecular complexity index is 669. The zero-order valence-corrected chi connectivity index (χ0v) is 14.1. The number of benzene rings is 2. The third-order valence-corrected chi connectivity index (χ3v) is 3.87. The van der Waals surface area contributed by atoms with Crippen molar-refractivity contribution in [2.24, 2.45) is 0 Å². The first-order chi connectivity index (χ1) is 12.0. The van der Waals surface area contributed by atoms with Crippen LogP contribution in [0.3, 0.4) is 0 Å². The molecule has 0 aliphatic heterocycles. The Morgan fingerprint density at radius 2 is 1.76 bits per heavy atom. The molecule has 4 N–H and O–H groups in total. The van der Waals surface area contributed by atoms with Gasteiger partial charge < -0.3 is 25.4 Å². The maximum absolute atomic E-state index is 10.5. The third-order valence-electron chi connectivity index (χ3n) is 3.87. The maximum Gasteiger partial charge on any atom is 0.341 e. The van der Waals surface area contributed by atoms with Crippen LogP contribution in [0.4, 0.5) is 0 Å². The number of aromatic hydroxyl groups is 1. The predicted octanol–water partition coefficient (Wildman–Crippen LogP) is 2.11. The van der Waals surface area contributed by atoms with Crippen LogP contribution in [0.25, 0.3) is 0 Å². The molecule has 0 fully saturated rings. The van der Waals surface area contributed by atoms with Crippen LogP contribution in [-0.4, -0.2) is 40.5 Å². The minimum atomic E-state index is -1.01. The van der Waals surface area contributed by atoms with Gasteiger partial charge in [-0.2, -0.15) is 0 Å². The molecule has 6 heteroatoms. The number of aliphatic hydroxyl groups is 1. The molecule has 0 bridgehead atoms. The van der Waals surface area contributed by atoms with E-state index in [9.17, 15) is 15.0 Å². The number of ether oxygens (including phenoxy) is 1. The molecule has 2 rings (SSSR count). The van der Waals surface area contributed by atoms with Gasteiger partial charge in [0.2, 0.25) is 0 Å². The van der Waals surface area contributed by atoms with Gasteiger partial charge in [0.15, 0.2) is 6.61 Å². The molecule has 0 unspecified atom stereocenters. The Balaban J connectivity index is 1.77. The standard InChI is InChI=1S/C19H23NO5/c1-13(19(24)15-4-6-16(21)7-5-15)20-11-10-14-2-8-17(9-3-14)25-12-18(22)23/h2-9,13,19-21,24H,10-12H2,1H3,(H,22,23)/t13-,19-/m1/s1. The molecule has 25 heavy (non-hydrogen) atoms. The van der Waals surface area contributed by atoms with Crippen molar-refractivity contribution >= 4 is 5.97 Å². The Morgan fingerprint density at radius 1 is 1.12 bits per heavy atom. The first kappa shape index (κ1) is 18.8. The summed E-state index contributed by atoms with van der Waals surface area (Å²) in [5.74, 6) is -0.308. The second-order valence-corrected chi connectivity index (χ2v) is 5.86. The number of phenolic OH excluding ortho intramolecular Hbond substituents is 1. The molecule has 0 spiro atoms. The highest BCUT2D eigenvalue weighted by atomic mass is 16.5. The summed E-state index contributed by atoms with van der Waals surface area (Å²) in [5.41, 5.74) is 1.83. The lowest BCUT2D eigenvalue weighted by Gasteiger charge is -2.20. The maximum atomic E-state index is 10.5. The van der Waals surface area contributed by atoms with Gasteiger partial charge in [0, 0.05) is 6.04 Å². The topological polar surface area (TPSA) is 99.0 Å². The number of aliphatic carboxylic acids is 1. The SMILES string of the molecule is C[C@@H](NCCc1ccc(OCC(=O)O)cc1)[C@@H](O)c1ccc(O)cc1. The molecule has 2 aromatic carbocycles. The van der Waals surface area contributed by atoms with Crippen LogP contribution in [0.15, 0.2) is 48.5 Å². The van der Waals surface area contributed by atoms with E-state index in [2.05, 4.69) is 5.32 Å². The molecule has 0 radical (unpaired) electrons. The second kappa shape index (κ2) is 9.05. The fourth-order valence-corrected chi connectivity index (χ4v) is 2.41. The van der Waals surface area contributed by atoms with E-state index < -0.39 is 12.1 Å². The molecule has 0 amide bonds. The van der Waals surface area contributed by atoms with Gasteiger partial charge in [0.05, 0.1) is 6.10 Å². The lowest BCUT2D eigenvalue weighted by atomic mass is 10.0. The minimum absolute atomic E-state index is 0.136. The highest BCUT2D eigenvalue weighted by Crippen LogP contribution is 2.19. The summed E-state index contributed by atoms with van der Waals surface area (Å²) in [4.78, 5) is 10.5. The molecule has 0 aromatic heterocycles. The fraction of sp³-hybridized carbons (Fsp3) is 0.316. The number of hydrogen-bond donors (Lipinski definition) is 4. The summed E-state index contributed by atoms with van der Waals surface area (Å²) in [5, 5.41) is 31.4. The van der Waals surface area contributed by atoms with E-state index in [0.717, 1.165) is 17.5 Å². The van der Waals surface area contributed by atoms with Gasteiger partial charge in [-0.05, 0) is 55.3 Å². The molecule has 0 heterocycles. The van der Waals surface area contributed by atoms with Crippen LogP contribution < -0.4 is 10.1 Å². The summed E-state index contributed by atoms with van der Waals surface area (Å²) in [6.07, 6.45) is 0.110. The number of carboxylic acid groups (broad SMARTS) is 1. The van der Waals surface area contributed by atoms with Crippen molar-refractivity contribution in [2.75, 3.05) is 13.2 Å². The largest absolute Gasteiger partial charge is 0.508 e. The van der Waals surface area contributed by atoms with Crippen molar-refractivity contribution in [3.05, 3.63) is 59.7 Å². The van der Waals surface area contributed by atoms with Crippen molar-refractivity contribution in [3.8, 4) is 11.5 Å². The lowest BCUT2D eigenvalue weighted by molar-refractivity contribution is -0.139. The Labute approximate surface area is 146 Å². The summed E-state index contributed by atoms with van der Waals surface area (Å²) in [6.45, 7) is 2.24. The summed E-state index contributed by atoms with van der Waals surface area (Å²) >= 11 is 0. The van der Waals surface area contributed by atoms with Gasteiger partial charge in [-0.1, -0.05) is 24.3 Å². The number of carboxylic acids is 1. The molecule has 2 atom stereocenters. The van der Waals surface area contributed by atoms with Crippen LogP contribution in [0.5, 0.6) is 11.5 Å². The summed E-state index contributed by atoms with van der Waals surface area (Å²) < 4.78 is 5.09. The average Bonchev–Trinajstić information content (AvgIpc) is 2.61. The molecule has 0 aliphatic carbocycles. The first-order valence-corrected chi connectivity index (χ1v) is 8.09. The molecule has 0 saturated carbocycles. The smallest absolute Gasteiger partial charge is 0.341 e. The van der Waals surface area contributed by atoms with E-state index in [-0.39, 0.29) is 18.4 Å². The predicted molar refractivity (Wildman–Crippen MR) is 93.8 cm³/mol. The molecule has 134 valence electrons. The van der Waals surface area contributed by atoms with Gasteiger partial charge in [0.25, 0.3) is 0 Å². The van der Waals surface area contributed by atoms with Gasteiger partial charge in [-0.15, -0.1) is 0 Å². The fourth-order valence-electron chi connectivity index (χ4n) is 2.41. The third kappa shape index (κ3) is 6.10. The van der Waals surface area contributed by atoms with Gasteiger partial charge in [-0.25, -0.2) is 4.79 Å². The van der Waals surface area contributed by atoms with Gasteiger partial charge in [-0.3, -0.25) is 0 Å². The van der Waals surface area contributed by atoms with Crippen LogP contribution in [0.1, 0.15) is 24.2 Å². The van der Waals surface area contributed by atoms with E-state index in [4.69, 9.17) is 9.84 Å². The highest BCUT2D eigenvalue weighted by Gasteiger charge is 2.15. The molecular formula is C19H23NO5. The van der Waals surface area contributed by atoms with Gasteiger partial charge in [0.1, 0.15) is 11.5 Å². The van der Waals surface area contributed by atoms with Crippen molar-refractivity contribution in [2.45, 2.75) is 25.5 Å². The molecule has 6 nitrogen and oxygen atoms in total. The highest BCUT2D eigenvalue weighted by molar-refractivity contribution is 5.68. The van der Waals surface area contributed by atoms with E-state index >= 15 is 0 Å². The molecular weight excluding hydrogens is 322 g/mol. The van der Waals surface area contributed by atoms with Crippen LogP contribution in [0.2, 0.25) is 0 Å². The van der Waals surface area contributed by atoms with E-state index in [1.165, 1.54) is 0 Å². The number of hydrogen-bond acceptors (Lipinski definition) is 5. The average molecular weight is 345 g/mol. The normalized spacial score (nSPS) is 13.2. The minimum Gasteiger partial charge on any atom is -0.508 e. The van der Waals surface area contributed by atoms with Crippen molar-refractivity contribution < 1.29 is 24.9 Å². The zero-order valence-electron chi connectivity index (χ0n) is 14.1. The van der Waals surface area contributed by atoms with Crippen LogP contribution in [-0.2, 0) is 11.2 Å². The number of phenols is 1. The quantitative estimate of drug-likeness (QED) is 0.556. The van der Waals surface area contributed by atoms with Crippen molar-refractivity contribution in [1.29, 1.82) is 0 Å². The zero-order chi connectivity index (χ0) is 18.2. The number of carbonyl (C=O) groups is 1. The molecule has 0 aliphatic rings. The van der Waals surface area contributed by atoms with Crippen molar-refractivity contribution in [3.63, 3.8) is 0 Å². The van der Waals surface area contributed by atoms with E-state index in [1.807, 2.05) is 19.1 Å². The Kier molecular flexibility index (Phi) is 6.80. The number of nitrogens with one attached hydrogen (secondary N) is 1. The summed E-state index contributed by atoms with van der Waals surface area (Å²) in [7, 11) is 0. The first-order valence-electron chi connectivity index (χ1n) is 8.09. The summed E-state index contributed by atoms with van der Waals surface area (Å²) in [6, 6.07) is 13.6. The molecule has 2 aromatic rings. The molecule has 0 saturated heterocycles. The van der Waals surface area contributed by atoms with E-state index in [0.29, 0.717) is 12.3 Å². The Morgan fingerprint density at radius 3 is 2.36 bits per heavy atom. The number of rotatable bonds is 9. The van der Waals surface area contributed by atoms with Crippen molar-refractivity contribution in [1.82, 2.24) is 5.32 Å². The monoisotopic (exact) mass is 345 g/mol.